The second-order valence-corrected chi connectivity index (χ2v) is 11.2. The number of aryl methyl sites for hydroxylation is 3. The molecule has 6 rings (SSSR count). The van der Waals surface area contributed by atoms with Gasteiger partial charge in [-0.25, -0.2) is 14.8 Å². The van der Waals surface area contributed by atoms with E-state index in [-0.39, 0.29) is 0 Å². The van der Waals surface area contributed by atoms with Crippen LogP contribution in [0, 0.1) is 13.8 Å². The number of benzene rings is 3. The summed E-state index contributed by atoms with van der Waals surface area (Å²) in [5, 5.41) is 9.60. The molecule has 6 aromatic rings. The number of rotatable bonds is 8. The Morgan fingerprint density at radius 3 is 2.49 bits per heavy atom. The third-order valence-electron chi connectivity index (χ3n) is 7.43. The number of unbranched alkanes of at least 4 members (excludes halogenated alkanes) is 1. The second kappa shape index (κ2) is 10.2. The molecule has 0 fully saturated rings. The Balaban J connectivity index is 1.37. The van der Waals surface area contributed by atoms with Gasteiger partial charge in [0.15, 0.2) is 4.96 Å². The summed E-state index contributed by atoms with van der Waals surface area (Å²) in [6.45, 7) is 7.16. The van der Waals surface area contributed by atoms with E-state index in [2.05, 4.69) is 66.3 Å². The molecule has 0 aliphatic rings. The van der Waals surface area contributed by atoms with E-state index in [9.17, 15) is 9.90 Å². The number of carboxylic acid groups (broad SMARTS) is 1. The first-order valence-electron chi connectivity index (χ1n) is 13.3. The molecule has 0 amide bonds. The molecule has 3 aromatic heterocycles. The highest BCUT2D eigenvalue weighted by atomic mass is 32.1. The van der Waals surface area contributed by atoms with E-state index < -0.39 is 5.97 Å². The monoisotopic (exact) mass is 534 g/mol. The highest BCUT2D eigenvalue weighted by molar-refractivity contribution is 7.17. The number of aromatic nitrogens is 4. The molecular formula is C32H30N4O2S. The molecular weight excluding hydrogens is 504 g/mol. The van der Waals surface area contributed by atoms with Crippen molar-refractivity contribution in [2.45, 2.75) is 46.6 Å². The molecule has 0 spiro atoms. The van der Waals surface area contributed by atoms with Crippen LogP contribution in [0.5, 0.6) is 0 Å². The predicted molar refractivity (Wildman–Crippen MR) is 158 cm³/mol. The van der Waals surface area contributed by atoms with Gasteiger partial charge < -0.3 is 9.67 Å². The Labute approximate surface area is 231 Å². The van der Waals surface area contributed by atoms with Crippen molar-refractivity contribution in [1.82, 2.24) is 18.9 Å². The summed E-state index contributed by atoms with van der Waals surface area (Å²) in [5.74, 6) is 0.167. The minimum absolute atomic E-state index is 0.310. The van der Waals surface area contributed by atoms with Crippen LogP contribution in [0.3, 0.4) is 0 Å². The zero-order valence-electron chi connectivity index (χ0n) is 22.3. The van der Waals surface area contributed by atoms with Gasteiger partial charge in [-0.15, -0.1) is 11.3 Å². The van der Waals surface area contributed by atoms with E-state index >= 15 is 0 Å². The Kier molecular flexibility index (Phi) is 6.53. The minimum atomic E-state index is -0.918. The molecule has 0 saturated carbocycles. The molecule has 0 aliphatic carbocycles. The van der Waals surface area contributed by atoms with Gasteiger partial charge in [-0.2, -0.15) is 0 Å². The number of nitrogens with zero attached hydrogens (tertiary/aromatic N) is 4. The van der Waals surface area contributed by atoms with Crippen LogP contribution in [0.4, 0.5) is 0 Å². The van der Waals surface area contributed by atoms with Crippen LogP contribution in [-0.2, 0) is 13.0 Å². The lowest BCUT2D eigenvalue weighted by molar-refractivity contribution is 0.0697. The van der Waals surface area contributed by atoms with Gasteiger partial charge in [-0.3, -0.25) is 4.40 Å². The number of aromatic carboxylic acids is 1. The van der Waals surface area contributed by atoms with Crippen LogP contribution >= 0.6 is 11.3 Å². The van der Waals surface area contributed by atoms with Crippen molar-refractivity contribution in [3.8, 4) is 22.4 Å². The number of hydrogen-bond acceptors (Lipinski definition) is 4. The SMILES string of the molecule is CCCCc1nc2ccc(-c3cn4c(C)c(C)sc4n3)cc2n1Cc1ccc(-c2ccccc2C(=O)O)cc1. The number of thiazole rings is 1. The second-order valence-electron chi connectivity index (χ2n) is 9.99. The standard InChI is InChI=1S/C32H30N4O2S/c1-4-5-10-30-33-27-16-15-24(28-19-35-20(2)21(3)39-32(35)34-28)17-29(27)36(30)18-22-11-13-23(14-12-22)25-8-6-7-9-26(25)31(37)38/h6-9,11-17,19H,4-5,10,18H2,1-3H3,(H,37,38). The maximum absolute atomic E-state index is 11.7. The molecule has 0 radical (unpaired) electrons. The van der Waals surface area contributed by atoms with Gasteiger partial charge in [-0.1, -0.05) is 61.9 Å². The first-order chi connectivity index (χ1) is 18.9. The van der Waals surface area contributed by atoms with Gasteiger partial charge >= 0.3 is 5.97 Å². The first kappa shape index (κ1) is 25.1. The number of fused-ring (bicyclic) bond motifs is 2. The van der Waals surface area contributed by atoms with Crippen LogP contribution in [0.2, 0.25) is 0 Å². The molecule has 39 heavy (non-hydrogen) atoms. The van der Waals surface area contributed by atoms with Gasteiger partial charge in [0, 0.05) is 35.3 Å². The molecule has 6 nitrogen and oxygen atoms in total. The van der Waals surface area contributed by atoms with E-state index in [0.29, 0.717) is 12.1 Å². The fourth-order valence-corrected chi connectivity index (χ4v) is 6.07. The highest BCUT2D eigenvalue weighted by Crippen LogP contribution is 2.30. The Bertz CT molecular complexity index is 1820. The van der Waals surface area contributed by atoms with Crippen molar-refractivity contribution in [2.75, 3.05) is 0 Å². The van der Waals surface area contributed by atoms with E-state index in [4.69, 9.17) is 9.97 Å². The summed E-state index contributed by atoms with van der Waals surface area (Å²) in [7, 11) is 0. The van der Waals surface area contributed by atoms with Crippen molar-refractivity contribution in [3.63, 3.8) is 0 Å². The molecule has 0 saturated heterocycles. The van der Waals surface area contributed by atoms with Crippen molar-refractivity contribution >= 4 is 33.3 Å². The molecule has 3 aromatic carbocycles. The summed E-state index contributed by atoms with van der Waals surface area (Å²) in [6.07, 6.45) is 5.23. The fraction of sp³-hybridized carbons (Fsp3) is 0.219. The Morgan fingerprint density at radius 2 is 1.74 bits per heavy atom. The Morgan fingerprint density at radius 1 is 0.974 bits per heavy atom. The summed E-state index contributed by atoms with van der Waals surface area (Å²) >= 11 is 1.72. The van der Waals surface area contributed by atoms with Gasteiger partial charge in [0.05, 0.1) is 22.3 Å². The average Bonchev–Trinajstić information content (AvgIpc) is 3.60. The molecule has 0 atom stereocenters. The topological polar surface area (TPSA) is 72.4 Å². The van der Waals surface area contributed by atoms with Crippen LogP contribution in [0.1, 0.15) is 52.1 Å². The lowest BCUT2D eigenvalue weighted by atomic mass is 9.98. The lowest BCUT2D eigenvalue weighted by Crippen LogP contribution is -2.05. The quantitative estimate of drug-likeness (QED) is 0.216. The maximum atomic E-state index is 11.7. The summed E-state index contributed by atoms with van der Waals surface area (Å²) in [5.41, 5.74) is 8.45. The van der Waals surface area contributed by atoms with E-state index in [1.165, 1.54) is 10.6 Å². The molecule has 0 bridgehead atoms. The zero-order chi connectivity index (χ0) is 27.1. The van der Waals surface area contributed by atoms with Gasteiger partial charge in [0.2, 0.25) is 0 Å². The maximum Gasteiger partial charge on any atom is 0.336 e. The van der Waals surface area contributed by atoms with Gasteiger partial charge in [0.1, 0.15) is 5.82 Å². The smallest absolute Gasteiger partial charge is 0.336 e. The number of carbonyl (C=O) groups is 1. The normalized spacial score (nSPS) is 11.6. The third kappa shape index (κ3) is 4.63. The van der Waals surface area contributed by atoms with E-state index in [1.807, 2.05) is 24.3 Å². The Hall–Kier alpha value is -4.23. The summed E-state index contributed by atoms with van der Waals surface area (Å²) < 4.78 is 4.50. The van der Waals surface area contributed by atoms with Crippen LogP contribution < -0.4 is 0 Å². The molecule has 0 aliphatic heterocycles. The van der Waals surface area contributed by atoms with E-state index in [1.54, 1.807) is 23.5 Å². The van der Waals surface area contributed by atoms with Crippen LogP contribution in [-0.4, -0.2) is 30.0 Å². The fourth-order valence-electron chi connectivity index (χ4n) is 5.12. The molecule has 0 unspecified atom stereocenters. The minimum Gasteiger partial charge on any atom is -0.478 e. The van der Waals surface area contributed by atoms with E-state index in [0.717, 1.165) is 69.0 Å². The molecule has 196 valence electrons. The first-order valence-corrected chi connectivity index (χ1v) is 14.1. The molecule has 7 heteroatoms. The van der Waals surface area contributed by atoms with Crippen molar-refractivity contribution < 1.29 is 9.90 Å². The molecule has 3 heterocycles. The van der Waals surface area contributed by atoms with Gasteiger partial charge in [0.25, 0.3) is 0 Å². The third-order valence-corrected chi connectivity index (χ3v) is 8.50. The van der Waals surface area contributed by atoms with Crippen LogP contribution in [0.25, 0.3) is 38.4 Å². The predicted octanol–water partition coefficient (Wildman–Crippen LogP) is 7.79. The highest BCUT2D eigenvalue weighted by Gasteiger charge is 2.16. The van der Waals surface area contributed by atoms with Crippen molar-refractivity contribution in [3.05, 3.63) is 100 Å². The number of imidazole rings is 2. The lowest BCUT2D eigenvalue weighted by Gasteiger charge is -2.11. The average molecular weight is 535 g/mol. The largest absolute Gasteiger partial charge is 0.478 e. The van der Waals surface area contributed by atoms with Gasteiger partial charge in [-0.05, 0) is 55.2 Å². The van der Waals surface area contributed by atoms with Crippen molar-refractivity contribution in [1.29, 1.82) is 0 Å². The number of carboxylic acids is 1. The van der Waals surface area contributed by atoms with Crippen LogP contribution in [0.15, 0.2) is 72.9 Å². The molecule has 1 N–H and O–H groups in total. The summed E-state index contributed by atoms with van der Waals surface area (Å²) in [4.78, 5) is 23.9. The number of hydrogen-bond donors (Lipinski definition) is 1. The summed E-state index contributed by atoms with van der Waals surface area (Å²) in [6, 6.07) is 21.8. The zero-order valence-corrected chi connectivity index (χ0v) is 23.1. The van der Waals surface area contributed by atoms with Crippen molar-refractivity contribution in [2.24, 2.45) is 0 Å².